The highest BCUT2D eigenvalue weighted by molar-refractivity contribution is 6.30. The maximum atomic E-state index is 12.3. The predicted octanol–water partition coefficient (Wildman–Crippen LogP) is 5.31. The largest absolute Gasteiger partial charge is 0.422 e. The Kier molecular flexibility index (Phi) is 5.66. The van der Waals surface area contributed by atoms with Crippen LogP contribution in [0, 0.1) is 6.92 Å². The van der Waals surface area contributed by atoms with Crippen LogP contribution in [0.15, 0.2) is 77.9 Å². The van der Waals surface area contributed by atoms with Gasteiger partial charge in [-0.25, -0.2) is 4.79 Å². The molecule has 0 atom stereocenters. The van der Waals surface area contributed by atoms with Crippen molar-refractivity contribution in [2.45, 2.75) is 6.92 Å². The normalized spacial score (nSPS) is 10.7. The lowest BCUT2D eigenvalue weighted by atomic mass is 10.2. The fraction of sp³-hybridized carbons (Fsp3) is 0.0476. The summed E-state index contributed by atoms with van der Waals surface area (Å²) in [6.45, 7) is 2.01. The predicted molar refractivity (Wildman–Crippen MR) is 105 cm³/mol. The number of hydrogen-bond donors (Lipinski definition) is 1. The van der Waals surface area contributed by atoms with E-state index in [0.29, 0.717) is 21.9 Å². The van der Waals surface area contributed by atoms with Crippen LogP contribution in [-0.4, -0.2) is 12.2 Å². The Labute approximate surface area is 157 Å². The van der Waals surface area contributed by atoms with Gasteiger partial charge in [-0.3, -0.25) is 5.43 Å². The third-order valence-corrected chi connectivity index (χ3v) is 3.87. The van der Waals surface area contributed by atoms with E-state index in [-0.39, 0.29) is 0 Å². The van der Waals surface area contributed by atoms with E-state index in [4.69, 9.17) is 16.3 Å². The van der Waals surface area contributed by atoms with Gasteiger partial charge in [0.15, 0.2) is 0 Å². The Balaban J connectivity index is 1.72. The molecular weight excluding hydrogens is 348 g/mol. The number of para-hydroxylation sites is 1. The SMILES string of the molecule is Cc1cccc(N/N=C\c2ccccc2OC(=O)c2ccc(Cl)cc2)c1. The van der Waals surface area contributed by atoms with Crippen LogP contribution in [0.5, 0.6) is 5.75 Å². The molecule has 0 saturated heterocycles. The number of halogens is 1. The maximum Gasteiger partial charge on any atom is 0.343 e. The highest BCUT2D eigenvalue weighted by atomic mass is 35.5. The lowest BCUT2D eigenvalue weighted by molar-refractivity contribution is 0.0734. The molecule has 0 radical (unpaired) electrons. The first-order valence-electron chi connectivity index (χ1n) is 8.04. The number of benzene rings is 3. The van der Waals surface area contributed by atoms with Crippen LogP contribution in [0.4, 0.5) is 5.69 Å². The topological polar surface area (TPSA) is 50.7 Å². The zero-order chi connectivity index (χ0) is 18.4. The summed E-state index contributed by atoms with van der Waals surface area (Å²) in [6.07, 6.45) is 1.62. The Morgan fingerprint density at radius 1 is 1.04 bits per heavy atom. The van der Waals surface area contributed by atoms with Crippen molar-refractivity contribution in [3.63, 3.8) is 0 Å². The number of carbonyl (C=O) groups is 1. The van der Waals surface area contributed by atoms with Crippen molar-refractivity contribution in [1.82, 2.24) is 0 Å². The summed E-state index contributed by atoms with van der Waals surface area (Å²) in [6, 6.07) is 21.6. The van der Waals surface area contributed by atoms with Gasteiger partial charge < -0.3 is 4.74 Å². The second-order valence-electron chi connectivity index (χ2n) is 5.67. The Bertz CT molecular complexity index is 937. The molecule has 26 heavy (non-hydrogen) atoms. The first-order chi connectivity index (χ1) is 12.6. The van der Waals surface area contributed by atoms with Crippen LogP contribution in [-0.2, 0) is 0 Å². The number of esters is 1. The highest BCUT2D eigenvalue weighted by Gasteiger charge is 2.10. The van der Waals surface area contributed by atoms with Crippen LogP contribution in [0.2, 0.25) is 5.02 Å². The van der Waals surface area contributed by atoms with Crippen LogP contribution in [0.25, 0.3) is 0 Å². The molecule has 3 aromatic rings. The molecular formula is C21H17ClN2O2. The van der Waals surface area contributed by atoms with Crippen molar-refractivity contribution in [1.29, 1.82) is 0 Å². The summed E-state index contributed by atoms with van der Waals surface area (Å²) >= 11 is 5.84. The quantitative estimate of drug-likeness (QED) is 0.289. The van der Waals surface area contributed by atoms with E-state index in [1.165, 1.54) is 0 Å². The molecule has 0 aliphatic carbocycles. The molecule has 0 aromatic heterocycles. The molecule has 0 unspecified atom stereocenters. The summed E-state index contributed by atoms with van der Waals surface area (Å²) in [5.41, 5.74) is 6.11. The second kappa shape index (κ2) is 8.32. The molecule has 0 saturated carbocycles. The minimum atomic E-state index is -0.450. The minimum Gasteiger partial charge on any atom is -0.422 e. The highest BCUT2D eigenvalue weighted by Crippen LogP contribution is 2.19. The maximum absolute atomic E-state index is 12.3. The number of hydrazone groups is 1. The number of anilines is 1. The van der Waals surface area contributed by atoms with E-state index >= 15 is 0 Å². The lowest BCUT2D eigenvalue weighted by Crippen LogP contribution is -2.09. The Morgan fingerprint density at radius 3 is 2.58 bits per heavy atom. The van der Waals surface area contributed by atoms with E-state index < -0.39 is 5.97 Å². The zero-order valence-electron chi connectivity index (χ0n) is 14.1. The van der Waals surface area contributed by atoms with Crippen molar-refractivity contribution in [3.8, 4) is 5.75 Å². The van der Waals surface area contributed by atoms with Gasteiger partial charge in [0.1, 0.15) is 5.75 Å². The number of nitrogens with one attached hydrogen (secondary N) is 1. The molecule has 0 spiro atoms. The average molecular weight is 365 g/mol. The Morgan fingerprint density at radius 2 is 1.81 bits per heavy atom. The summed E-state index contributed by atoms with van der Waals surface area (Å²) < 4.78 is 5.49. The summed E-state index contributed by atoms with van der Waals surface area (Å²) in [5, 5.41) is 4.79. The first-order valence-corrected chi connectivity index (χ1v) is 8.42. The number of carbonyl (C=O) groups excluding carboxylic acids is 1. The second-order valence-corrected chi connectivity index (χ2v) is 6.11. The van der Waals surface area contributed by atoms with Crippen molar-refractivity contribution >= 4 is 29.5 Å². The van der Waals surface area contributed by atoms with Crippen molar-refractivity contribution < 1.29 is 9.53 Å². The monoisotopic (exact) mass is 364 g/mol. The Hall–Kier alpha value is -3.11. The van der Waals surface area contributed by atoms with Gasteiger partial charge >= 0.3 is 5.97 Å². The van der Waals surface area contributed by atoms with Gasteiger partial charge in [0, 0.05) is 10.6 Å². The fourth-order valence-electron chi connectivity index (χ4n) is 2.32. The van der Waals surface area contributed by atoms with Crippen molar-refractivity contribution in [2.75, 3.05) is 5.43 Å². The number of rotatable bonds is 5. The molecule has 0 bridgehead atoms. The number of ether oxygens (including phenoxy) is 1. The average Bonchev–Trinajstić information content (AvgIpc) is 2.64. The van der Waals surface area contributed by atoms with Gasteiger partial charge in [0.25, 0.3) is 0 Å². The molecule has 3 rings (SSSR count). The van der Waals surface area contributed by atoms with E-state index in [2.05, 4.69) is 10.5 Å². The first kappa shape index (κ1) is 17.7. The van der Waals surface area contributed by atoms with Crippen LogP contribution < -0.4 is 10.2 Å². The zero-order valence-corrected chi connectivity index (χ0v) is 14.9. The summed E-state index contributed by atoms with van der Waals surface area (Å²) in [5.74, 6) is -0.0172. The minimum absolute atomic E-state index is 0.430. The van der Waals surface area contributed by atoms with Gasteiger partial charge in [0.2, 0.25) is 0 Å². The fourth-order valence-corrected chi connectivity index (χ4v) is 2.44. The molecule has 0 aliphatic heterocycles. The number of hydrogen-bond acceptors (Lipinski definition) is 4. The van der Waals surface area contributed by atoms with Gasteiger partial charge in [-0.05, 0) is 61.0 Å². The summed E-state index contributed by atoms with van der Waals surface area (Å²) in [4.78, 5) is 12.3. The standard InChI is InChI=1S/C21H17ClN2O2/c1-15-5-4-7-19(13-15)24-23-14-17-6-2-3-8-20(17)26-21(25)16-9-11-18(22)12-10-16/h2-14,24H,1H3/b23-14-. The molecule has 0 fully saturated rings. The van der Waals surface area contributed by atoms with Gasteiger partial charge in [0.05, 0.1) is 17.5 Å². The smallest absolute Gasteiger partial charge is 0.343 e. The molecule has 3 aromatic carbocycles. The molecule has 1 N–H and O–H groups in total. The van der Waals surface area contributed by atoms with Crippen molar-refractivity contribution in [2.24, 2.45) is 5.10 Å². The van der Waals surface area contributed by atoms with Crippen LogP contribution in [0.3, 0.4) is 0 Å². The number of nitrogens with zero attached hydrogens (tertiary/aromatic N) is 1. The summed E-state index contributed by atoms with van der Waals surface area (Å²) in [7, 11) is 0. The molecule has 4 nitrogen and oxygen atoms in total. The molecule has 0 aliphatic rings. The van der Waals surface area contributed by atoms with Gasteiger partial charge in [-0.1, -0.05) is 35.9 Å². The van der Waals surface area contributed by atoms with E-state index in [1.54, 1.807) is 42.6 Å². The lowest BCUT2D eigenvalue weighted by Gasteiger charge is -2.07. The van der Waals surface area contributed by atoms with E-state index in [9.17, 15) is 4.79 Å². The van der Waals surface area contributed by atoms with Crippen molar-refractivity contribution in [3.05, 3.63) is 94.5 Å². The van der Waals surface area contributed by atoms with E-state index in [0.717, 1.165) is 11.3 Å². The number of aryl methyl sites for hydroxylation is 1. The molecule has 5 heteroatoms. The third-order valence-electron chi connectivity index (χ3n) is 3.62. The van der Waals surface area contributed by atoms with Gasteiger partial charge in [-0.15, -0.1) is 0 Å². The molecule has 0 amide bonds. The molecule has 130 valence electrons. The third kappa shape index (κ3) is 4.71. The van der Waals surface area contributed by atoms with Crippen LogP contribution in [0.1, 0.15) is 21.5 Å². The molecule has 0 heterocycles. The van der Waals surface area contributed by atoms with E-state index in [1.807, 2.05) is 43.3 Å². The van der Waals surface area contributed by atoms with Gasteiger partial charge in [-0.2, -0.15) is 5.10 Å². The van der Waals surface area contributed by atoms with Crippen LogP contribution >= 0.6 is 11.6 Å².